The Hall–Kier alpha value is -3.45. The van der Waals surface area contributed by atoms with E-state index in [4.69, 9.17) is 9.47 Å². The summed E-state index contributed by atoms with van der Waals surface area (Å²) in [5.74, 6) is 2.33. The monoisotopic (exact) mass is 538 g/mol. The van der Waals surface area contributed by atoms with Crippen LogP contribution in [-0.4, -0.2) is 73.6 Å². The van der Waals surface area contributed by atoms with Crippen molar-refractivity contribution in [1.82, 2.24) is 14.8 Å². The Morgan fingerprint density at radius 1 is 1.05 bits per heavy atom. The van der Waals surface area contributed by atoms with Crippen LogP contribution in [0.3, 0.4) is 0 Å². The van der Waals surface area contributed by atoms with Crippen molar-refractivity contribution in [2.24, 2.45) is 5.92 Å². The number of anilines is 1. The summed E-state index contributed by atoms with van der Waals surface area (Å²) in [6.07, 6.45) is 2.98. The Morgan fingerprint density at radius 2 is 1.85 bits per heavy atom. The van der Waals surface area contributed by atoms with E-state index in [0.717, 1.165) is 80.4 Å². The number of aromatic amines is 1. The lowest BCUT2D eigenvalue weighted by Gasteiger charge is -2.57. The van der Waals surface area contributed by atoms with Gasteiger partial charge in [-0.25, -0.2) is 0 Å². The molecule has 2 fully saturated rings. The van der Waals surface area contributed by atoms with E-state index in [1.165, 1.54) is 27.9 Å². The van der Waals surface area contributed by atoms with Gasteiger partial charge in [-0.1, -0.05) is 24.3 Å². The molecule has 2 saturated heterocycles. The lowest BCUT2D eigenvalue weighted by Crippen LogP contribution is -2.62. The van der Waals surface area contributed by atoms with Crippen LogP contribution in [0, 0.1) is 19.8 Å². The molecule has 2 aliphatic carbocycles. The van der Waals surface area contributed by atoms with Crippen molar-refractivity contribution < 1.29 is 14.3 Å². The molecule has 1 amide bonds. The summed E-state index contributed by atoms with van der Waals surface area (Å²) >= 11 is 0. The van der Waals surface area contributed by atoms with Crippen LogP contribution in [0.2, 0.25) is 0 Å². The van der Waals surface area contributed by atoms with Gasteiger partial charge in [0.05, 0.1) is 12.8 Å². The average molecular weight is 539 g/mol. The molecule has 1 spiro atoms. The van der Waals surface area contributed by atoms with E-state index >= 15 is 0 Å². The maximum absolute atomic E-state index is 14.0. The molecule has 2 aromatic carbocycles. The minimum absolute atomic E-state index is 0.0710. The van der Waals surface area contributed by atoms with Gasteiger partial charge >= 0.3 is 0 Å². The molecule has 0 saturated carbocycles. The fraction of sp³-hybridized carbons (Fsp3) is 0.485. The third kappa shape index (κ3) is 3.07. The number of methoxy groups -OCH3 is 1. The minimum atomic E-state index is -0.110. The number of hydrogen-bond acceptors (Lipinski definition) is 5. The smallest absolute Gasteiger partial charge is 0.270 e. The minimum Gasteiger partial charge on any atom is -0.493 e. The van der Waals surface area contributed by atoms with Gasteiger partial charge in [-0.3, -0.25) is 4.79 Å². The van der Waals surface area contributed by atoms with Crippen molar-refractivity contribution in [3.8, 4) is 11.5 Å². The number of rotatable bonds is 3. The van der Waals surface area contributed by atoms with Gasteiger partial charge in [-0.05, 0) is 87.0 Å². The number of ether oxygens (including phenoxy) is 2. The standard InChI is InChI=1S/C33H38N4O3/c1-19-7-5-6-8-24(19)36-13-15-37(16-14-36)32(38)28-20(2)22-18-23-25-17-21-9-10-26(39-4)30-27(21)33(23,11-12-35(25)3)31(40-30)29(22)34-28/h5-10,23,25,31,34H,11-18H2,1-4H3/t23?,25-,31-,33-/m0/s1. The number of H-pyrrole nitrogens is 1. The molecule has 1 unspecified atom stereocenters. The molecule has 40 heavy (non-hydrogen) atoms. The maximum Gasteiger partial charge on any atom is 0.270 e. The van der Waals surface area contributed by atoms with Crippen LogP contribution >= 0.6 is 0 Å². The van der Waals surface area contributed by atoms with E-state index in [2.05, 4.69) is 72.1 Å². The number of carbonyl (C=O) groups is 1. The number of piperazine rings is 1. The van der Waals surface area contributed by atoms with E-state index < -0.39 is 0 Å². The first kappa shape index (κ1) is 24.4. The van der Waals surface area contributed by atoms with E-state index in [1.807, 2.05) is 4.90 Å². The Balaban J connectivity index is 1.14. The zero-order chi connectivity index (χ0) is 27.3. The number of carbonyl (C=O) groups excluding carboxylic acids is 1. The molecule has 8 rings (SSSR count). The lowest BCUT2D eigenvalue weighted by atomic mass is 9.51. The summed E-state index contributed by atoms with van der Waals surface area (Å²) in [5.41, 5.74) is 9.53. The van der Waals surface area contributed by atoms with Gasteiger partial charge in [0, 0.05) is 48.9 Å². The highest BCUT2D eigenvalue weighted by Crippen LogP contribution is 2.67. The van der Waals surface area contributed by atoms with Crippen LogP contribution < -0.4 is 14.4 Å². The van der Waals surface area contributed by atoms with Crippen LogP contribution in [-0.2, 0) is 18.3 Å². The van der Waals surface area contributed by atoms with Gasteiger partial charge in [0.1, 0.15) is 11.8 Å². The molecule has 208 valence electrons. The summed E-state index contributed by atoms with van der Waals surface area (Å²) in [6, 6.07) is 13.3. The fourth-order valence-electron chi connectivity index (χ4n) is 8.88. The molecule has 4 atom stereocenters. The Kier molecular flexibility index (Phi) is 5.19. The number of likely N-dealkylation sites (tertiary alicyclic amines) is 1. The van der Waals surface area contributed by atoms with E-state index in [1.54, 1.807) is 7.11 Å². The van der Waals surface area contributed by atoms with Crippen LogP contribution in [0.5, 0.6) is 11.5 Å². The number of aromatic nitrogens is 1. The molecule has 1 N–H and O–H groups in total. The van der Waals surface area contributed by atoms with Crippen LogP contribution in [0.25, 0.3) is 0 Å². The number of likely N-dealkylation sites (N-methyl/N-ethyl adjacent to an activating group) is 1. The number of para-hydroxylation sites is 1. The van der Waals surface area contributed by atoms with Gasteiger partial charge in [0.25, 0.3) is 5.91 Å². The Labute approximate surface area is 236 Å². The molecule has 7 heteroatoms. The highest BCUT2D eigenvalue weighted by molar-refractivity contribution is 5.95. The van der Waals surface area contributed by atoms with E-state index in [-0.39, 0.29) is 17.4 Å². The van der Waals surface area contributed by atoms with Crippen LogP contribution in [0.4, 0.5) is 5.69 Å². The number of hydrogen-bond donors (Lipinski definition) is 1. The number of nitrogens with zero attached hydrogens (tertiary/aromatic N) is 3. The summed E-state index contributed by atoms with van der Waals surface area (Å²) in [7, 11) is 4.02. The SMILES string of the molecule is COc1ccc2c3c1O[C@H]1c4[nH]c(C(=O)N5CCN(c6ccccc6C)CC5)c(C)c4CC4[C@H](C2)N(C)CC[C@@]341. The summed E-state index contributed by atoms with van der Waals surface area (Å²) in [4.78, 5) is 24.7. The highest BCUT2D eigenvalue weighted by atomic mass is 16.5. The molecular formula is C33H38N4O3. The lowest BCUT2D eigenvalue weighted by molar-refractivity contribution is -0.0256. The second-order valence-corrected chi connectivity index (χ2v) is 12.6. The quantitative estimate of drug-likeness (QED) is 0.536. The van der Waals surface area contributed by atoms with Gasteiger partial charge in [-0.2, -0.15) is 0 Å². The number of amides is 1. The number of fused-ring (bicyclic) bond motifs is 2. The summed E-state index contributed by atoms with van der Waals surface area (Å²) in [6.45, 7) is 8.50. The first-order valence-electron chi connectivity index (χ1n) is 14.8. The molecule has 5 aliphatic rings. The first-order chi connectivity index (χ1) is 19.4. The van der Waals surface area contributed by atoms with E-state index in [0.29, 0.717) is 12.0 Å². The highest BCUT2D eigenvalue weighted by Gasteiger charge is 2.65. The van der Waals surface area contributed by atoms with Crippen LogP contribution in [0.15, 0.2) is 36.4 Å². The summed E-state index contributed by atoms with van der Waals surface area (Å²) < 4.78 is 12.7. The van der Waals surface area contributed by atoms with Gasteiger partial charge < -0.3 is 29.2 Å². The van der Waals surface area contributed by atoms with Gasteiger partial charge in [-0.15, -0.1) is 0 Å². The molecule has 4 heterocycles. The molecule has 2 bridgehead atoms. The molecular weight excluding hydrogens is 500 g/mol. The summed E-state index contributed by atoms with van der Waals surface area (Å²) in [5, 5.41) is 0. The topological polar surface area (TPSA) is 61.0 Å². The molecule has 1 aromatic heterocycles. The van der Waals surface area contributed by atoms with Crippen molar-refractivity contribution in [2.75, 3.05) is 51.8 Å². The fourth-order valence-corrected chi connectivity index (χ4v) is 8.88. The predicted octanol–water partition coefficient (Wildman–Crippen LogP) is 4.41. The Bertz CT molecular complexity index is 1540. The second kappa shape index (κ2) is 8.53. The van der Waals surface area contributed by atoms with Crippen molar-refractivity contribution >= 4 is 11.6 Å². The van der Waals surface area contributed by atoms with E-state index in [9.17, 15) is 4.79 Å². The number of nitrogens with one attached hydrogen (secondary N) is 1. The average Bonchev–Trinajstić information content (AvgIpc) is 3.49. The van der Waals surface area contributed by atoms with Crippen LogP contribution in [0.1, 0.15) is 56.5 Å². The molecule has 3 aliphatic heterocycles. The van der Waals surface area contributed by atoms with Gasteiger partial charge in [0.2, 0.25) is 0 Å². The van der Waals surface area contributed by atoms with Crippen molar-refractivity contribution in [1.29, 1.82) is 0 Å². The van der Waals surface area contributed by atoms with Crippen molar-refractivity contribution in [2.45, 2.75) is 50.7 Å². The molecule has 7 nitrogen and oxygen atoms in total. The maximum atomic E-state index is 14.0. The number of piperidine rings is 1. The van der Waals surface area contributed by atoms with Gasteiger partial charge in [0.15, 0.2) is 11.5 Å². The number of aryl methyl sites for hydroxylation is 1. The predicted molar refractivity (Wildman–Crippen MR) is 155 cm³/mol. The molecule has 0 radical (unpaired) electrons. The third-order valence-corrected chi connectivity index (χ3v) is 10.9. The van der Waals surface area contributed by atoms with Crippen molar-refractivity contribution in [3.05, 3.63) is 75.6 Å². The van der Waals surface area contributed by atoms with Crippen molar-refractivity contribution in [3.63, 3.8) is 0 Å². The molecule has 3 aromatic rings. The number of benzene rings is 2. The Morgan fingerprint density at radius 3 is 2.62 bits per heavy atom. The zero-order valence-electron chi connectivity index (χ0n) is 23.9. The largest absolute Gasteiger partial charge is 0.493 e. The second-order valence-electron chi connectivity index (χ2n) is 12.6. The normalized spacial score (nSPS) is 28.1. The third-order valence-electron chi connectivity index (χ3n) is 10.9. The zero-order valence-corrected chi connectivity index (χ0v) is 23.9. The first-order valence-corrected chi connectivity index (χ1v) is 14.8.